The van der Waals surface area contributed by atoms with Crippen molar-refractivity contribution in [3.05, 3.63) is 22.5 Å². The van der Waals surface area contributed by atoms with E-state index in [9.17, 15) is 8.78 Å². The molecule has 0 spiro atoms. The zero-order chi connectivity index (χ0) is 20.2. The van der Waals surface area contributed by atoms with E-state index in [4.69, 9.17) is 11.6 Å². The first-order valence-electron chi connectivity index (χ1n) is 9.87. The Morgan fingerprint density at radius 1 is 1.27 bits per heavy atom. The molecule has 0 bridgehead atoms. The summed E-state index contributed by atoms with van der Waals surface area (Å²) in [6, 6.07) is 0. The van der Waals surface area contributed by atoms with Crippen LogP contribution in [0.2, 0.25) is 0 Å². The quantitative estimate of drug-likeness (QED) is 0.327. The second-order valence-corrected chi connectivity index (χ2v) is 7.52. The number of nitrogens with zero attached hydrogens (tertiary/aromatic N) is 1. The average molecular weight is 391 g/mol. The molecule has 1 N–H and O–H groups in total. The van der Waals surface area contributed by atoms with Crippen LogP contribution in [-0.4, -0.2) is 18.7 Å². The zero-order valence-electron chi connectivity index (χ0n) is 17.3. The monoisotopic (exact) mass is 390 g/mol. The van der Waals surface area contributed by atoms with Gasteiger partial charge in [0.15, 0.2) is 0 Å². The maximum atomic E-state index is 13.8. The highest BCUT2D eigenvalue weighted by molar-refractivity contribution is 6.39. The average Bonchev–Trinajstić information content (AvgIpc) is 2.62. The third-order valence-electron chi connectivity index (χ3n) is 4.93. The van der Waals surface area contributed by atoms with Crippen molar-refractivity contribution in [3.63, 3.8) is 0 Å². The van der Waals surface area contributed by atoms with Gasteiger partial charge in [-0.15, -0.1) is 0 Å². The summed E-state index contributed by atoms with van der Waals surface area (Å²) in [4.78, 5) is 4.46. The molecule has 0 heterocycles. The number of nitrogens with one attached hydrogen (secondary N) is 1. The maximum absolute atomic E-state index is 13.8. The maximum Gasteiger partial charge on any atom is 0.248 e. The van der Waals surface area contributed by atoms with E-state index in [1.54, 1.807) is 19.2 Å². The highest BCUT2D eigenvalue weighted by Crippen LogP contribution is 2.32. The molecule has 0 aliphatic carbocycles. The van der Waals surface area contributed by atoms with E-state index in [1.807, 2.05) is 20.8 Å². The molecule has 0 aromatic heterocycles. The lowest BCUT2D eigenvalue weighted by Gasteiger charge is -2.28. The van der Waals surface area contributed by atoms with Crippen LogP contribution >= 0.6 is 11.6 Å². The molecule has 0 saturated carbocycles. The Hall–Kier alpha value is -0.900. The van der Waals surface area contributed by atoms with E-state index in [0.29, 0.717) is 11.6 Å². The van der Waals surface area contributed by atoms with Crippen molar-refractivity contribution in [1.29, 1.82) is 0 Å². The Kier molecular flexibility index (Phi) is 12.8. The van der Waals surface area contributed by atoms with Gasteiger partial charge < -0.3 is 5.32 Å². The molecule has 0 aromatic rings. The summed E-state index contributed by atoms with van der Waals surface area (Å²) in [6.45, 7) is 12.2. The Morgan fingerprint density at radius 3 is 2.42 bits per heavy atom. The summed E-state index contributed by atoms with van der Waals surface area (Å²) in [7, 11) is 0. The van der Waals surface area contributed by atoms with E-state index in [2.05, 4.69) is 24.2 Å². The smallest absolute Gasteiger partial charge is 0.248 e. The fourth-order valence-electron chi connectivity index (χ4n) is 2.74. The second kappa shape index (κ2) is 13.3. The van der Waals surface area contributed by atoms with Crippen LogP contribution in [0.3, 0.4) is 0 Å². The van der Waals surface area contributed by atoms with E-state index < -0.39 is 5.92 Å². The predicted molar refractivity (Wildman–Crippen MR) is 111 cm³/mol. The number of hydrogen-bond acceptors (Lipinski definition) is 2. The lowest BCUT2D eigenvalue weighted by Crippen LogP contribution is -2.30. The van der Waals surface area contributed by atoms with Crippen molar-refractivity contribution >= 4 is 17.8 Å². The first kappa shape index (κ1) is 25.1. The highest BCUT2D eigenvalue weighted by Gasteiger charge is 2.31. The van der Waals surface area contributed by atoms with Gasteiger partial charge in [-0.3, -0.25) is 0 Å². The number of halogens is 3. The van der Waals surface area contributed by atoms with Crippen LogP contribution in [0.4, 0.5) is 8.78 Å². The van der Waals surface area contributed by atoms with Gasteiger partial charge in [0, 0.05) is 25.6 Å². The minimum Gasteiger partial charge on any atom is -0.370 e. The molecule has 0 fully saturated rings. The molecule has 0 radical (unpaired) electrons. The van der Waals surface area contributed by atoms with Crippen LogP contribution in [0.25, 0.3) is 0 Å². The van der Waals surface area contributed by atoms with Crippen LogP contribution in [0.1, 0.15) is 80.1 Å². The fourth-order valence-corrected chi connectivity index (χ4v) is 2.79. The van der Waals surface area contributed by atoms with Crippen molar-refractivity contribution in [2.75, 3.05) is 6.54 Å². The SMILES string of the molecule is C\C=C(Cl)/C=N/C(NCC(CCCC)C(C)CC(F)(F)CC)=C(/C)CC. The number of aliphatic imine (C=N–C) groups is 1. The van der Waals surface area contributed by atoms with Gasteiger partial charge >= 0.3 is 0 Å². The normalized spacial score (nSPS) is 16.6. The lowest BCUT2D eigenvalue weighted by molar-refractivity contribution is -0.0319. The number of unbranched alkanes of at least 4 members (excludes halogenated alkanes) is 1. The number of alkyl halides is 2. The summed E-state index contributed by atoms with van der Waals surface area (Å²) >= 11 is 6.01. The largest absolute Gasteiger partial charge is 0.370 e. The Balaban J connectivity index is 5.14. The predicted octanol–water partition coefficient (Wildman–Crippen LogP) is 7.31. The van der Waals surface area contributed by atoms with Crippen molar-refractivity contribution < 1.29 is 8.78 Å². The number of hydrogen-bond donors (Lipinski definition) is 1. The minimum atomic E-state index is -2.58. The van der Waals surface area contributed by atoms with Gasteiger partial charge in [0.2, 0.25) is 5.92 Å². The van der Waals surface area contributed by atoms with Crippen molar-refractivity contribution in [2.45, 2.75) is 86.0 Å². The summed E-state index contributed by atoms with van der Waals surface area (Å²) in [6.07, 6.45) is 7.18. The Bertz CT molecular complexity index is 484. The Morgan fingerprint density at radius 2 is 1.92 bits per heavy atom. The summed E-state index contributed by atoms with van der Waals surface area (Å²) < 4.78 is 27.7. The van der Waals surface area contributed by atoms with Crippen LogP contribution in [0.15, 0.2) is 27.5 Å². The molecule has 0 aliphatic rings. The third-order valence-corrected chi connectivity index (χ3v) is 5.25. The van der Waals surface area contributed by atoms with Gasteiger partial charge in [0.1, 0.15) is 5.82 Å². The molecule has 2 nitrogen and oxygen atoms in total. The first-order chi connectivity index (χ1) is 12.2. The van der Waals surface area contributed by atoms with Gasteiger partial charge in [0.05, 0.1) is 5.03 Å². The van der Waals surface area contributed by atoms with Crippen LogP contribution in [0, 0.1) is 11.8 Å². The highest BCUT2D eigenvalue weighted by atomic mass is 35.5. The fraction of sp³-hybridized carbons (Fsp3) is 0.762. The van der Waals surface area contributed by atoms with E-state index in [0.717, 1.165) is 37.1 Å². The van der Waals surface area contributed by atoms with E-state index in [-0.39, 0.29) is 24.7 Å². The van der Waals surface area contributed by atoms with Gasteiger partial charge in [0.25, 0.3) is 0 Å². The number of rotatable bonds is 13. The molecule has 2 atom stereocenters. The van der Waals surface area contributed by atoms with Gasteiger partial charge in [-0.1, -0.05) is 58.2 Å². The molecular formula is C21H37ClF2N2. The molecule has 152 valence electrons. The van der Waals surface area contributed by atoms with Crippen LogP contribution < -0.4 is 5.32 Å². The molecule has 0 rings (SSSR count). The summed E-state index contributed by atoms with van der Waals surface area (Å²) in [5.41, 5.74) is 1.13. The van der Waals surface area contributed by atoms with Crippen molar-refractivity contribution in [3.8, 4) is 0 Å². The topological polar surface area (TPSA) is 24.4 Å². The molecule has 0 saturated heterocycles. The summed E-state index contributed by atoms with van der Waals surface area (Å²) in [5.74, 6) is -1.64. The molecular weight excluding hydrogens is 354 g/mol. The van der Waals surface area contributed by atoms with Crippen LogP contribution in [-0.2, 0) is 0 Å². The first-order valence-corrected chi connectivity index (χ1v) is 10.3. The Labute approximate surface area is 164 Å². The summed E-state index contributed by atoms with van der Waals surface area (Å²) in [5, 5.41) is 3.97. The van der Waals surface area contributed by atoms with Gasteiger partial charge in [-0.2, -0.15) is 0 Å². The van der Waals surface area contributed by atoms with E-state index in [1.165, 1.54) is 0 Å². The second-order valence-electron chi connectivity index (χ2n) is 7.09. The molecule has 5 heteroatoms. The van der Waals surface area contributed by atoms with Crippen molar-refractivity contribution in [2.24, 2.45) is 16.8 Å². The molecule has 0 aliphatic heterocycles. The third kappa shape index (κ3) is 10.3. The number of allylic oxidation sites excluding steroid dienone is 3. The molecule has 0 aromatic carbocycles. The van der Waals surface area contributed by atoms with Gasteiger partial charge in [-0.05, 0) is 44.1 Å². The molecule has 2 unspecified atom stereocenters. The lowest BCUT2D eigenvalue weighted by atomic mass is 9.84. The molecule has 26 heavy (non-hydrogen) atoms. The molecule has 0 amide bonds. The zero-order valence-corrected chi connectivity index (χ0v) is 18.1. The van der Waals surface area contributed by atoms with Gasteiger partial charge in [-0.25, -0.2) is 13.8 Å². The van der Waals surface area contributed by atoms with Crippen molar-refractivity contribution in [1.82, 2.24) is 5.32 Å². The minimum absolute atomic E-state index is 0.0460. The standard InChI is InChI=1S/C21H37ClF2N2/c1-7-11-12-18(17(6)13-21(23,24)10-4)14-25-20(16(5)8-2)26-15-19(22)9-3/h9,15,17-18,25H,7-8,10-14H2,1-6H3/b19-9+,20-16-,26-15+. The van der Waals surface area contributed by atoms with Crippen LogP contribution in [0.5, 0.6) is 0 Å². The van der Waals surface area contributed by atoms with E-state index >= 15 is 0 Å².